The van der Waals surface area contributed by atoms with Gasteiger partial charge in [0.15, 0.2) is 11.5 Å². The van der Waals surface area contributed by atoms with E-state index in [-0.39, 0.29) is 11.6 Å². The molecule has 1 saturated heterocycles. The SMILES string of the molecule is c1cc2c(cc1C1CNC3(CCCCC3)CO1)OCCO2. The molecule has 1 saturated carbocycles. The maximum Gasteiger partial charge on any atom is 0.161 e. The molecule has 1 spiro atoms. The van der Waals surface area contributed by atoms with Crippen molar-refractivity contribution < 1.29 is 14.2 Å². The van der Waals surface area contributed by atoms with Gasteiger partial charge in [-0.25, -0.2) is 0 Å². The van der Waals surface area contributed by atoms with E-state index in [1.807, 2.05) is 6.07 Å². The Morgan fingerprint density at radius 3 is 2.57 bits per heavy atom. The van der Waals surface area contributed by atoms with Crippen molar-refractivity contribution in [2.24, 2.45) is 0 Å². The van der Waals surface area contributed by atoms with Crippen LogP contribution in [-0.4, -0.2) is 31.9 Å². The van der Waals surface area contributed by atoms with Gasteiger partial charge in [0, 0.05) is 12.1 Å². The van der Waals surface area contributed by atoms with Crippen LogP contribution in [0.1, 0.15) is 43.8 Å². The normalized spacial score (nSPS) is 27.5. The van der Waals surface area contributed by atoms with E-state index in [0.29, 0.717) is 13.2 Å². The van der Waals surface area contributed by atoms with Gasteiger partial charge in [0.25, 0.3) is 0 Å². The summed E-state index contributed by atoms with van der Waals surface area (Å²) in [6.07, 6.45) is 6.64. The Morgan fingerprint density at radius 1 is 1.00 bits per heavy atom. The van der Waals surface area contributed by atoms with Crippen molar-refractivity contribution in [2.75, 3.05) is 26.4 Å². The van der Waals surface area contributed by atoms with Gasteiger partial charge in [-0.05, 0) is 30.5 Å². The molecular weight excluding hydrogens is 266 g/mol. The summed E-state index contributed by atoms with van der Waals surface area (Å²) in [4.78, 5) is 0. The minimum Gasteiger partial charge on any atom is -0.486 e. The molecule has 1 N–H and O–H groups in total. The first kappa shape index (κ1) is 13.4. The molecule has 0 radical (unpaired) electrons. The summed E-state index contributed by atoms with van der Waals surface area (Å²) in [5.41, 5.74) is 1.42. The molecule has 4 heteroatoms. The van der Waals surface area contributed by atoms with Crippen molar-refractivity contribution in [3.63, 3.8) is 0 Å². The summed E-state index contributed by atoms with van der Waals surface area (Å²) in [7, 11) is 0. The van der Waals surface area contributed by atoms with Crippen molar-refractivity contribution in [2.45, 2.75) is 43.7 Å². The molecule has 2 fully saturated rings. The highest BCUT2D eigenvalue weighted by molar-refractivity contribution is 5.44. The van der Waals surface area contributed by atoms with Crippen molar-refractivity contribution in [3.05, 3.63) is 23.8 Å². The third-order valence-corrected chi connectivity index (χ3v) is 4.97. The molecule has 1 aliphatic carbocycles. The fourth-order valence-electron chi connectivity index (χ4n) is 3.70. The van der Waals surface area contributed by atoms with Crippen LogP contribution in [-0.2, 0) is 4.74 Å². The Balaban J connectivity index is 1.46. The highest BCUT2D eigenvalue weighted by Crippen LogP contribution is 2.37. The molecule has 114 valence electrons. The van der Waals surface area contributed by atoms with Crippen molar-refractivity contribution in [1.82, 2.24) is 5.32 Å². The molecule has 0 bridgehead atoms. The average molecular weight is 289 g/mol. The van der Waals surface area contributed by atoms with Crippen LogP contribution >= 0.6 is 0 Å². The van der Waals surface area contributed by atoms with Gasteiger partial charge in [0.2, 0.25) is 0 Å². The van der Waals surface area contributed by atoms with Crippen LogP contribution < -0.4 is 14.8 Å². The highest BCUT2D eigenvalue weighted by Gasteiger charge is 2.37. The zero-order valence-corrected chi connectivity index (χ0v) is 12.4. The summed E-state index contributed by atoms with van der Waals surface area (Å²) in [5.74, 6) is 1.69. The van der Waals surface area contributed by atoms with Crippen molar-refractivity contribution >= 4 is 0 Å². The Labute approximate surface area is 125 Å². The minimum absolute atomic E-state index is 0.119. The number of rotatable bonds is 1. The van der Waals surface area contributed by atoms with Gasteiger partial charge >= 0.3 is 0 Å². The number of benzene rings is 1. The van der Waals surface area contributed by atoms with Crippen LogP contribution in [0.15, 0.2) is 18.2 Å². The molecule has 1 atom stereocenters. The first-order valence-corrected chi connectivity index (χ1v) is 8.11. The highest BCUT2D eigenvalue weighted by atomic mass is 16.6. The lowest BCUT2D eigenvalue weighted by atomic mass is 9.81. The second-order valence-electron chi connectivity index (χ2n) is 6.42. The van der Waals surface area contributed by atoms with Crippen molar-refractivity contribution in [1.29, 1.82) is 0 Å². The molecule has 1 unspecified atom stereocenters. The topological polar surface area (TPSA) is 39.7 Å². The van der Waals surface area contributed by atoms with E-state index in [1.165, 1.54) is 37.7 Å². The van der Waals surface area contributed by atoms with E-state index in [9.17, 15) is 0 Å². The van der Waals surface area contributed by atoms with Crippen LogP contribution in [0, 0.1) is 0 Å². The second-order valence-corrected chi connectivity index (χ2v) is 6.42. The number of hydrogen-bond donors (Lipinski definition) is 1. The van der Waals surface area contributed by atoms with Gasteiger partial charge in [0.1, 0.15) is 13.2 Å². The summed E-state index contributed by atoms with van der Waals surface area (Å²) in [5, 5.41) is 3.77. The number of nitrogens with one attached hydrogen (secondary N) is 1. The predicted molar refractivity (Wildman–Crippen MR) is 79.9 cm³/mol. The predicted octanol–water partition coefficient (Wildman–Crippen LogP) is 2.82. The van der Waals surface area contributed by atoms with Gasteiger partial charge in [-0.15, -0.1) is 0 Å². The first-order valence-electron chi connectivity index (χ1n) is 8.11. The number of fused-ring (bicyclic) bond motifs is 1. The quantitative estimate of drug-likeness (QED) is 0.863. The fourth-order valence-corrected chi connectivity index (χ4v) is 3.70. The Kier molecular flexibility index (Phi) is 3.51. The molecule has 2 aliphatic heterocycles. The summed E-state index contributed by atoms with van der Waals surface area (Å²) in [6.45, 7) is 2.98. The molecular formula is C17H23NO3. The van der Waals surface area contributed by atoms with E-state index in [1.54, 1.807) is 0 Å². The zero-order valence-electron chi connectivity index (χ0n) is 12.4. The maximum absolute atomic E-state index is 6.19. The number of hydrogen-bond acceptors (Lipinski definition) is 4. The Bertz CT molecular complexity index is 501. The smallest absolute Gasteiger partial charge is 0.161 e. The molecule has 0 aromatic heterocycles. The number of ether oxygens (including phenoxy) is 3. The van der Waals surface area contributed by atoms with Gasteiger partial charge in [-0.2, -0.15) is 0 Å². The lowest BCUT2D eigenvalue weighted by Gasteiger charge is -2.44. The molecule has 4 nitrogen and oxygen atoms in total. The Hall–Kier alpha value is -1.26. The molecule has 2 heterocycles. The van der Waals surface area contributed by atoms with Crippen LogP contribution in [0.5, 0.6) is 11.5 Å². The summed E-state index contributed by atoms with van der Waals surface area (Å²) >= 11 is 0. The standard InChI is InChI=1S/C17H23NO3/c1-2-6-17(7-3-1)12-21-16(11-18-17)13-4-5-14-15(10-13)20-9-8-19-14/h4-5,10,16,18H,1-3,6-9,11-12H2. The van der Waals surface area contributed by atoms with Crippen LogP contribution in [0.4, 0.5) is 0 Å². The lowest BCUT2D eigenvalue weighted by Crippen LogP contribution is -2.55. The molecule has 21 heavy (non-hydrogen) atoms. The second kappa shape index (κ2) is 5.50. The first-order chi connectivity index (χ1) is 10.3. The number of morpholine rings is 1. The average Bonchev–Trinajstić information content (AvgIpc) is 2.56. The van der Waals surface area contributed by atoms with Gasteiger partial charge in [-0.3, -0.25) is 0 Å². The van der Waals surface area contributed by atoms with E-state index in [0.717, 1.165) is 24.7 Å². The largest absolute Gasteiger partial charge is 0.486 e. The minimum atomic E-state index is 0.119. The molecule has 0 amide bonds. The van der Waals surface area contributed by atoms with E-state index in [4.69, 9.17) is 14.2 Å². The monoisotopic (exact) mass is 289 g/mol. The van der Waals surface area contributed by atoms with Crippen molar-refractivity contribution in [3.8, 4) is 11.5 Å². The molecule has 4 rings (SSSR count). The van der Waals surface area contributed by atoms with Gasteiger partial charge in [-0.1, -0.05) is 25.3 Å². The third-order valence-electron chi connectivity index (χ3n) is 4.97. The molecule has 1 aromatic carbocycles. The van der Waals surface area contributed by atoms with E-state index >= 15 is 0 Å². The van der Waals surface area contributed by atoms with E-state index < -0.39 is 0 Å². The van der Waals surface area contributed by atoms with Crippen LogP contribution in [0.2, 0.25) is 0 Å². The third kappa shape index (κ3) is 2.62. The zero-order chi connectivity index (χ0) is 14.1. The van der Waals surface area contributed by atoms with E-state index in [2.05, 4.69) is 17.4 Å². The summed E-state index contributed by atoms with van der Waals surface area (Å²) in [6, 6.07) is 6.16. The molecule has 3 aliphatic rings. The van der Waals surface area contributed by atoms with Gasteiger partial charge in [0.05, 0.1) is 12.7 Å². The fraction of sp³-hybridized carbons (Fsp3) is 0.647. The maximum atomic E-state index is 6.19. The molecule has 1 aromatic rings. The van der Waals surface area contributed by atoms with Crippen LogP contribution in [0.25, 0.3) is 0 Å². The van der Waals surface area contributed by atoms with Crippen LogP contribution in [0.3, 0.4) is 0 Å². The summed E-state index contributed by atoms with van der Waals surface area (Å²) < 4.78 is 17.4. The Morgan fingerprint density at radius 2 is 1.81 bits per heavy atom. The lowest BCUT2D eigenvalue weighted by molar-refractivity contribution is -0.0468. The van der Waals surface area contributed by atoms with Gasteiger partial charge < -0.3 is 19.5 Å².